The van der Waals surface area contributed by atoms with Crippen LogP contribution in [0.15, 0.2) is 24.5 Å². The molecule has 1 aromatic carbocycles. The number of aryl methyl sites for hydroxylation is 1. The molecule has 0 aliphatic carbocycles. The van der Waals surface area contributed by atoms with Gasteiger partial charge in [-0.1, -0.05) is 0 Å². The second kappa shape index (κ2) is 7.74. The topological polar surface area (TPSA) is 88.5 Å². The van der Waals surface area contributed by atoms with Crippen molar-refractivity contribution in [1.82, 2.24) is 19.6 Å². The number of benzene rings is 1. The third-order valence-electron chi connectivity index (χ3n) is 3.96. The number of alkyl halides is 5. The first-order valence-corrected chi connectivity index (χ1v) is 8.11. The smallest absolute Gasteiger partial charge is 0.319 e. The summed E-state index contributed by atoms with van der Waals surface area (Å²) in [5.74, 6) is -4.08. The average Bonchev–Trinajstić information content (AvgIpc) is 3.24. The molecular formula is C17H9F7N6O. The Hall–Kier alpha value is -3.89. The number of rotatable bonds is 4. The van der Waals surface area contributed by atoms with E-state index in [-0.39, 0.29) is 10.7 Å². The first kappa shape index (κ1) is 21.8. The molecule has 14 heteroatoms. The number of amides is 1. The summed E-state index contributed by atoms with van der Waals surface area (Å²) < 4.78 is 95.6. The lowest BCUT2D eigenvalue weighted by molar-refractivity contribution is -0.142. The Morgan fingerprint density at radius 1 is 1.26 bits per heavy atom. The second-order valence-electron chi connectivity index (χ2n) is 6.07. The van der Waals surface area contributed by atoms with E-state index in [1.807, 2.05) is 0 Å². The van der Waals surface area contributed by atoms with Crippen molar-refractivity contribution in [2.24, 2.45) is 7.05 Å². The maximum absolute atomic E-state index is 14.2. The fourth-order valence-corrected chi connectivity index (χ4v) is 2.78. The quantitative estimate of drug-likeness (QED) is 0.615. The standard InChI is InChI=1S/C17H9F7N6O/c1-29-6-9(12(28-29)15(20)21)16(31)27-11-5-26-30(14(11)17(22,23)24)13-7(4-25)2-8(18)3-10(13)19/h2-3,5-6,15H,1H3,(H,27,31). The molecule has 2 aromatic heterocycles. The Balaban J connectivity index is 2.13. The fraction of sp³-hybridized carbons (Fsp3) is 0.176. The first-order chi connectivity index (χ1) is 14.4. The number of hydrogen-bond donors (Lipinski definition) is 1. The second-order valence-corrected chi connectivity index (χ2v) is 6.07. The molecule has 0 saturated carbocycles. The highest BCUT2D eigenvalue weighted by Gasteiger charge is 2.40. The molecule has 2 heterocycles. The zero-order chi connectivity index (χ0) is 23.1. The molecule has 31 heavy (non-hydrogen) atoms. The van der Waals surface area contributed by atoms with Crippen molar-refractivity contribution in [3.05, 3.63) is 58.7 Å². The fourth-order valence-electron chi connectivity index (χ4n) is 2.78. The summed E-state index contributed by atoms with van der Waals surface area (Å²) in [7, 11) is 1.22. The van der Waals surface area contributed by atoms with E-state index in [2.05, 4.69) is 10.2 Å². The van der Waals surface area contributed by atoms with Crippen LogP contribution in [0.4, 0.5) is 36.4 Å². The highest BCUT2D eigenvalue weighted by Crippen LogP contribution is 2.38. The molecule has 0 spiro atoms. The van der Waals surface area contributed by atoms with Gasteiger partial charge in [-0.15, -0.1) is 0 Å². The van der Waals surface area contributed by atoms with Crippen LogP contribution in [0.1, 0.15) is 33.7 Å². The summed E-state index contributed by atoms with van der Waals surface area (Å²) in [4.78, 5) is 12.3. The van der Waals surface area contributed by atoms with Crippen molar-refractivity contribution in [1.29, 1.82) is 5.26 Å². The van der Waals surface area contributed by atoms with E-state index in [1.54, 1.807) is 5.32 Å². The van der Waals surface area contributed by atoms with Crippen LogP contribution in [0, 0.1) is 23.0 Å². The van der Waals surface area contributed by atoms with Gasteiger partial charge in [0.15, 0.2) is 11.5 Å². The van der Waals surface area contributed by atoms with E-state index in [9.17, 15) is 35.5 Å². The Kier molecular flexibility index (Phi) is 5.45. The van der Waals surface area contributed by atoms with Gasteiger partial charge in [0.1, 0.15) is 23.3 Å². The van der Waals surface area contributed by atoms with E-state index in [0.717, 1.165) is 10.9 Å². The Labute approximate surface area is 168 Å². The SMILES string of the molecule is Cn1cc(C(=O)Nc2cnn(-c3c(F)cc(F)cc3C#N)c2C(F)(F)F)c(C(F)F)n1. The molecule has 0 saturated heterocycles. The highest BCUT2D eigenvalue weighted by atomic mass is 19.4. The van der Waals surface area contributed by atoms with Gasteiger partial charge in [-0.25, -0.2) is 22.2 Å². The summed E-state index contributed by atoms with van der Waals surface area (Å²) in [6.07, 6.45) is -7.06. The minimum atomic E-state index is -5.24. The Morgan fingerprint density at radius 2 is 1.94 bits per heavy atom. The lowest BCUT2D eigenvalue weighted by Gasteiger charge is -2.14. The third-order valence-corrected chi connectivity index (χ3v) is 3.96. The average molecular weight is 446 g/mol. The van der Waals surface area contributed by atoms with Gasteiger partial charge in [0.05, 0.1) is 23.0 Å². The van der Waals surface area contributed by atoms with E-state index in [4.69, 9.17) is 5.26 Å². The summed E-state index contributed by atoms with van der Waals surface area (Å²) in [6.45, 7) is 0. The largest absolute Gasteiger partial charge is 0.435 e. The number of anilines is 1. The van der Waals surface area contributed by atoms with Crippen molar-refractivity contribution in [3.8, 4) is 11.8 Å². The minimum Gasteiger partial charge on any atom is -0.319 e. The molecule has 162 valence electrons. The summed E-state index contributed by atoms with van der Waals surface area (Å²) in [5.41, 5.74) is -6.18. The van der Waals surface area contributed by atoms with Crippen LogP contribution >= 0.6 is 0 Å². The lowest BCUT2D eigenvalue weighted by atomic mass is 10.1. The van der Waals surface area contributed by atoms with Gasteiger partial charge in [-0.2, -0.15) is 28.6 Å². The van der Waals surface area contributed by atoms with E-state index in [1.165, 1.54) is 13.1 Å². The van der Waals surface area contributed by atoms with Gasteiger partial charge in [0.25, 0.3) is 12.3 Å². The normalized spacial score (nSPS) is 11.6. The number of halogens is 7. The molecule has 1 amide bonds. The summed E-state index contributed by atoms with van der Waals surface area (Å²) >= 11 is 0. The molecular weight excluding hydrogens is 437 g/mol. The summed E-state index contributed by atoms with van der Waals surface area (Å²) in [6, 6.07) is 2.12. The van der Waals surface area contributed by atoms with Crippen LogP contribution in [0.25, 0.3) is 5.69 Å². The van der Waals surface area contributed by atoms with Crippen molar-refractivity contribution >= 4 is 11.6 Å². The van der Waals surface area contributed by atoms with Crippen molar-refractivity contribution in [2.75, 3.05) is 5.32 Å². The van der Waals surface area contributed by atoms with E-state index in [0.29, 0.717) is 12.3 Å². The molecule has 0 bridgehead atoms. The molecule has 0 unspecified atom stereocenters. The molecule has 0 fully saturated rings. The van der Waals surface area contributed by atoms with Gasteiger partial charge >= 0.3 is 6.18 Å². The predicted octanol–water partition coefficient (Wildman–Crippen LogP) is 3.96. The number of nitrogens with one attached hydrogen (secondary N) is 1. The maximum atomic E-state index is 14.2. The van der Waals surface area contributed by atoms with Gasteiger partial charge in [0.2, 0.25) is 0 Å². The summed E-state index contributed by atoms with van der Waals surface area (Å²) in [5, 5.41) is 17.6. The van der Waals surface area contributed by atoms with Crippen LogP contribution < -0.4 is 5.32 Å². The molecule has 1 N–H and O–H groups in total. The molecule has 3 aromatic rings. The number of carbonyl (C=O) groups excluding carboxylic acids is 1. The van der Waals surface area contributed by atoms with Gasteiger partial charge in [-0.05, 0) is 6.07 Å². The van der Waals surface area contributed by atoms with E-state index < -0.39 is 64.0 Å². The number of hydrogen-bond acceptors (Lipinski definition) is 4. The maximum Gasteiger partial charge on any atom is 0.435 e. The van der Waals surface area contributed by atoms with Crippen LogP contribution in [0.5, 0.6) is 0 Å². The van der Waals surface area contributed by atoms with Crippen molar-refractivity contribution in [3.63, 3.8) is 0 Å². The van der Waals surface area contributed by atoms with Gasteiger partial charge < -0.3 is 5.32 Å². The first-order valence-electron chi connectivity index (χ1n) is 8.11. The van der Waals surface area contributed by atoms with Crippen LogP contribution in [-0.4, -0.2) is 25.5 Å². The number of carbonyl (C=O) groups is 1. The minimum absolute atomic E-state index is 0.0276. The monoisotopic (exact) mass is 446 g/mol. The predicted molar refractivity (Wildman–Crippen MR) is 89.3 cm³/mol. The van der Waals surface area contributed by atoms with Crippen molar-refractivity contribution in [2.45, 2.75) is 12.6 Å². The third kappa shape index (κ3) is 4.06. The van der Waals surface area contributed by atoms with Gasteiger partial charge in [-0.3, -0.25) is 9.48 Å². The molecule has 0 radical (unpaired) electrons. The molecule has 0 aliphatic rings. The Bertz CT molecular complexity index is 1200. The molecule has 7 nitrogen and oxygen atoms in total. The zero-order valence-electron chi connectivity index (χ0n) is 15.2. The van der Waals surface area contributed by atoms with Crippen molar-refractivity contribution < 1.29 is 35.5 Å². The van der Waals surface area contributed by atoms with Gasteiger partial charge in [0, 0.05) is 19.3 Å². The number of nitrogens with zero attached hydrogens (tertiary/aromatic N) is 5. The molecule has 0 aliphatic heterocycles. The molecule has 0 atom stereocenters. The van der Waals surface area contributed by atoms with Crippen LogP contribution in [0.2, 0.25) is 0 Å². The Morgan fingerprint density at radius 3 is 2.52 bits per heavy atom. The van der Waals surface area contributed by atoms with Crippen LogP contribution in [0.3, 0.4) is 0 Å². The number of nitriles is 1. The van der Waals surface area contributed by atoms with E-state index >= 15 is 0 Å². The zero-order valence-corrected chi connectivity index (χ0v) is 15.2. The highest BCUT2D eigenvalue weighted by molar-refractivity contribution is 6.05. The lowest BCUT2D eigenvalue weighted by Crippen LogP contribution is -2.20. The number of aromatic nitrogens is 4. The molecule has 3 rings (SSSR count). The van der Waals surface area contributed by atoms with Crippen LogP contribution in [-0.2, 0) is 13.2 Å².